The Hall–Kier alpha value is -0.370. The molecule has 0 aromatic carbocycles. The summed E-state index contributed by atoms with van der Waals surface area (Å²) < 4.78 is 0. The number of likely N-dealkylation sites (N-methyl/N-ethyl adjacent to an activating group) is 1. The van der Waals surface area contributed by atoms with Gasteiger partial charge in [0.1, 0.15) is 5.78 Å². The van der Waals surface area contributed by atoms with Gasteiger partial charge in [-0.2, -0.15) is 0 Å². The molecular weight excluding hydrogens is 138 g/mol. The van der Waals surface area contributed by atoms with Gasteiger partial charge < -0.3 is 0 Å². The van der Waals surface area contributed by atoms with E-state index in [1.807, 2.05) is 7.05 Å². The first-order valence-electron chi connectivity index (χ1n) is 4.21. The SMILES string of the molecule is CCN(C)C(C(C)=O)C(C)C. The number of hydrogen-bond acceptors (Lipinski definition) is 2. The van der Waals surface area contributed by atoms with Gasteiger partial charge in [-0.1, -0.05) is 20.8 Å². The fraction of sp³-hybridized carbons (Fsp3) is 0.889. The highest BCUT2D eigenvalue weighted by molar-refractivity contribution is 5.81. The zero-order valence-electron chi connectivity index (χ0n) is 8.22. The third-order valence-corrected chi connectivity index (χ3v) is 2.02. The Morgan fingerprint density at radius 2 is 1.91 bits per heavy atom. The fourth-order valence-corrected chi connectivity index (χ4v) is 1.49. The summed E-state index contributed by atoms with van der Waals surface area (Å²) in [5, 5.41) is 0. The van der Waals surface area contributed by atoms with Crippen molar-refractivity contribution in [3.05, 3.63) is 0 Å². The van der Waals surface area contributed by atoms with Crippen molar-refractivity contribution in [3.63, 3.8) is 0 Å². The molecule has 0 aliphatic carbocycles. The third kappa shape index (κ3) is 3.02. The standard InChI is InChI=1S/C9H19NO/c1-6-10(5)9(7(2)3)8(4)11/h7,9H,6H2,1-5H3. The van der Waals surface area contributed by atoms with Gasteiger partial charge in [-0.25, -0.2) is 0 Å². The lowest BCUT2D eigenvalue weighted by Crippen LogP contribution is -2.41. The van der Waals surface area contributed by atoms with Crippen LogP contribution in [0.1, 0.15) is 27.7 Å². The molecule has 11 heavy (non-hydrogen) atoms. The van der Waals surface area contributed by atoms with Gasteiger partial charge in [0.15, 0.2) is 0 Å². The van der Waals surface area contributed by atoms with Gasteiger partial charge >= 0.3 is 0 Å². The van der Waals surface area contributed by atoms with Crippen molar-refractivity contribution in [2.24, 2.45) is 5.92 Å². The van der Waals surface area contributed by atoms with E-state index in [0.717, 1.165) is 6.54 Å². The normalized spacial score (nSPS) is 14.1. The predicted molar refractivity (Wildman–Crippen MR) is 47.6 cm³/mol. The van der Waals surface area contributed by atoms with Crippen molar-refractivity contribution in [1.29, 1.82) is 0 Å². The van der Waals surface area contributed by atoms with E-state index in [1.54, 1.807) is 6.92 Å². The molecule has 0 aromatic rings. The Morgan fingerprint density at radius 1 is 1.45 bits per heavy atom. The molecule has 66 valence electrons. The van der Waals surface area contributed by atoms with Crippen molar-refractivity contribution < 1.29 is 4.79 Å². The molecule has 0 aliphatic heterocycles. The molecule has 0 aromatic heterocycles. The lowest BCUT2D eigenvalue weighted by molar-refractivity contribution is -0.123. The fourth-order valence-electron chi connectivity index (χ4n) is 1.49. The maximum Gasteiger partial charge on any atom is 0.147 e. The Labute approximate surface area is 69.6 Å². The molecule has 1 atom stereocenters. The third-order valence-electron chi connectivity index (χ3n) is 2.02. The number of hydrogen-bond donors (Lipinski definition) is 0. The van der Waals surface area contributed by atoms with Crippen molar-refractivity contribution in [2.75, 3.05) is 13.6 Å². The second-order valence-corrected chi connectivity index (χ2v) is 3.37. The molecule has 0 heterocycles. The Bertz CT molecular complexity index is 132. The van der Waals surface area contributed by atoms with E-state index < -0.39 is 0 Å². The highest BCUT2D eigenvalue weighted by Gasteiger charge is 2.21. The first-order valence-corrected chi connectivity index (χ1v) is 4.21. The molecule has 0 N–H and O–H groups in total. The molecule has 0 radical (unpaired) electrons. The highest BCUT2D eigenvalue weighted by Crippen LogP contribution is 2.09. The zero-order valence-corrected chi connectivity index (χ0v) is 8.22. The minimum atomic E-state index is 0.0972. The number of carbonyl (C=O) groups excluding carboxylic acids is 1. The summed E-state index contributed by atoms with van der Waals surface area (Å²) in [5.74, 6) is 0.682. The number of carbonyl (C=O) groups is 1. The Balaban J connectivity index is 4.21. The van der Waals surface area contributed by atoms with Crippen LogP contribution < -0.4 is 0 Å². The molecule has 2 heteroatoms. The van der Waals surface area contributed by atoms with Crippen LogP contribution in [0.15, 0.2) is 0 Å². The molecule has 0 rings (SSSR count). The van der Waals surface area contributed by atoms with E-state index in [0.29, 0.717) is 5.92 Å². The van der Waals surface area contributed by atoms with E-state index >= 15 is 0 Å². The second kappa shape index (κ2) is 4.50. The van der Waals surface area contributed by atoms with Crippen LogP contribution in [0.25, 0.3) is 0 Å². The first-order chi connectivity index (χ1) is 5.00. The summed E-state index contributed by atoms with van der Waals surface area (Å²) in [7, 11) is 1.99. The molecule has 0 bridgehead atoms. The number of Topliss-reactive ketones (excluding diaryl/α,β-unsaturated/α-hetero) is 1. The average molecular weight is 157 g/mol. The predicted octanol–water partition coefficient (Wildman–Crippen LogP) is 1.55. The summed E-state index contributed by atoms with van der Waals surface area (Å²) in [6.07, 6.45) is 0. The molecule has 0 fully saturated rings. The van der Waals surface area contributed by atoms with Crippen LogP contribution in [-0.2, 0) is 4.79 Å². The van der Waals surface area contributed by atoms with Crippen LogP contribution in [0.5, 0.6) is 0 Å². The van der Waals surface area contributed by atoms with Crippen molar-refractivity contribution in [1.82, 2.24) is 4.90 Å². The number of rotatable bonds is 4. The number of ketones is 1. The van der Waals surface area contributed by atoms with Gasteiger partial charge in [0.05, 0.1) is 6.04 Å². The van der Waals surface area contributed by atoms with Crippen molar-refractivity contribution in [3.8, 4) is 0 Å². The van der Waals surface area contributed by atoms with Crippen LogP contribution in [0.4, 0.5) is 0 Å². The molecular formula is C9H19NO. The maximum atomic E-state index is 11.1. The van der Waals surface area contributed by atoms with Crippen LogP contribution >= 0.6 is 0 Å². The van der Waals surface area contributed by atoms with E-state index in [-0.39, 0.29) is 11.8 Å². The van der Waals surface area contributed by atoms with Gasteiger partial charge in [-0.05, 0) is 26.4 Å². The molecule has 0 saturated carbocycles. The van der Waals surface area contributed by atoms with Crippen LogP contribution in [0.2, 0.25) is 0 Å². The summed E-state index contributed by atoms with van der Waals surface area (Å²) >= 11 is 0. The minimum absolute atomic E-state index is 0.0972. The quantitative estimate of drug-likeness (QED) is 0.617. The van der Waals surface area contributed by atoms with Crippen LogP contribution in [-0.4, -0.2) is 30.3 Å². The van der Waals surface area contributed by atoms with E-state index in [1.165, 1.54) is 0 Å². The topological polar surface area (TPSA) is 20.3 Å². The molecule has 0 amide bonds. The molecule has 1 unspecified atom stereocenters. The highest BCUT2D eigenvalue weighted by atomic mass is 16.1. The van der Waals surface area contributed by atoms with Gasteiger partial charge in [0, 0.05) is 0 Å². The minimum Gasteiger partial charge on any atom is -0.298 e. The summed E-state index contributed by atoms with van der Waals surface area (Å²) in [5.41, 5.74) is 0. The van der Waals surface area contributed by atoms with E-state index in [2.05, 4.69) is 25.7 Å². The lowest BCUT2D eigenvalue weighted by atomic mass is 9.99. The van der Waals surface area contributed by atoms with Gasteiger partial charge in [-0.15, -0.1) is 0 Å². The zero-order chi connectivity index (χ0) is 9.02. The van der Waals surface area contributed by atoms with Gasteiger partial charge in [-0.3, -0.25) is 9.69 Å². The molecule has 0 saturated heterocycles. The Morgan fingerprint density at radius 3 is 2.00 bits per heavy atom. The van der Waals surface area contributed by atoms with Crippen LogP contribution in [0.3, 0.4) is 0 Å². The van der Waals surface area contributed by atoms with Gasteiger partial charge in [0.25, 0.3) is 0 Å². The van der Waals surface area contributed by atoms with Crippen molar-refractivity contribution >= 4 is 5.78 Å². The van der Waals surface area contributed by atoms with E-state index in [9.17, 15) is 4.79 Å². The summed E-state index contributed by atoms with van der Waals surface area (Å²) in [6, 6.07) is 0.0972. The van der Waals surface area contributed by atoms with Crippen molar-refractivity contribution in [2.45, 2.75) is 33.7 Å². The van der Waals surface area contributed by atoms with Crippen LogP contribution in [0, 0.1) is 5.92 Å². The smallest absolute Gasteiger partial charge is 0.147 e. The van der Waals surface area contributed by atoms with Gasteiger partial charge in [0.2, 0.25) is 0 Å². The van der Waals surface area contributed by atoms with E-state index in [4.69, 9.17) is 0 Å². The summed E-state index contributed by atoms with van der Waals surface area (Å²) in [6.45, 7) is 8.83. The average Bonchev–Trinajstić information content (AvgIpc) is 1.85. The molecule has 0 spiro atoms. The maximum absolute atomic E-state index is 11.1. The monoisotopic (exact) mass is 157 g/mol. The first kappa shape index (κ1) is 10.6. The molecule has 2 nitrogen and oxygen atoms in total. The number of nitrogens with zero attached hydrogens (tertiary/aromatic N) is 1. The Kier molecular flexibility index (Phi) is 4.34. The molecule has 0 aliphatic rings. The second-order valence-electron chi connectivity index (χ2n) is 3.37. The largest absolute Gasteiger partial charge is 0.298 e. The summed E-state index contributed by atoms with van der Waals surface area (Å²) in [4.78, 5) is 13.2. The lowest BCUT2D eigenvalue weighted by Gasteiger charge is -2.27.